The second-order valence-electron chi connectivity index (χ2n) is 6.41. The highest BCUT2D eigenvalue weighted by atomic mass is 35.5. The minimum absolute atomic E-state index is 0.414. The van der Waals surface area contributed by atoms with Gasteiger partial charge in [0.05, 0.1) is 23.4 Å². The molecule has 3 rings (SSSR count). The van der Waals surface area contributed by atoms with Crippen LogP contribution in [0.15, 0.2) is 30.5 Å². The molecule has 0 radical (unpaired) electrons. The standard InChI is InChI=1S/C19H23ClN4O2/c1-26-18(25)13-8-9-15(20)16(12-13)23-17-10-11-21-19(24-17)22-14-6-4-2-3-5-7-14/h8-12,14H,2-7H2,1H3,(H2,21,22,23,24). The van der Waals surface area contributed by atoms with Crippen LogP contribution in [0.4, 0.5) is 17.5 Å². The van der Waals surface area contributed by atoms with Gasteiger partial charge in [0.1, 0.15) is 5.82 Å². The van der Waals surface area contributed by atoms with Crippen molar-refractivity contribution in [2.24, 2.45) is 0 Å². The van der Waals surface area contributed by atoms with Crippen molar-refractivity contribution >= 4 is 35.0 Å². The van der Waals surface area contributed by atoms with E-state index in [-0.39, 0.29) is 0 Å². The zero-order valence-electron chi connectivity index (χ0n) is 14.8. The predicted molar refractivity (Wildman–Crippen MR) is 103 cm³/mol. The number of benzene rings is 1. The summed E-state index contributed by atoms with van der Waals surface area (Å²) in [7, 11) is 1.35. The van der Waals surface area contributed by atoms with Gasteiger partial charge < -0.3 is 15.4 Å². The lowest BCUT2D eigenvalue weighted by Crippen LogP contribution is -2.20. The lowest BCUT2D eigenvalue weighted by Gasteiger charge is -2.16. The van der Waals surface area contributed by atoms with Gasteiger partial charge in [-0.15, -0.1) is 0 Å². The molecule has 0 saturated heterocycles. The highest BCUT2D eigenvalue weighted by Gasteiger charge is 2.14. The smallest absolute Gasteiger partial charge is 0.337 e. The summed E-state index contributed by atoms with van der Waals surface area (Å²) < 4.78 is 4.75. The van der Waals surface area contributed by atoms with Crippen LogP contribution >= 0.6 is 11.6 Å². The van der Waals surface area contributed by atoms with Crippen molar-refractivity contribution in [2.75, 3.05) is 17.7 Å². The summed E-state index contributed by atoms with van der Waals surface area (Å²) in [4.78, 5) is 20.5. The Bertz CT molecular complexity index is 761. The summed E-state index contributed by atoms with van der Waals surface area (Å²) in [6.45, 7) is 0. The number of carbonyl (C=O) groups excluding carboxylic acids is 1. The Kier molecular flexibility index (Phi) is 6.28. The molecular formula is C19H23ClN4O2. The topological polar surface area (TPSA) is 76.1 Å². The van der Waals surface area contributed by atoms with E-state index in [1.54, 1.807) is 30.5 Å². The highest BCUT2D eigenvalue weighted by molar-refractivity contribution is 6.33. The number of nitrogens with one attached hydrogen (secondary N) is 2. The third-order valence-electron chi connectivity index (χ3n) is 4.49. The van der Waals surface area contributed by atoms with Crippen LogP contribution in [0.5, 0.6) is 0 Å². The third-order valence-corrected chi connectivity index (χ3v) is 4.82. The molecule has 0 bridgehead atoms. The van der Waals surface area contributed by atoms with Gasteiger partial charge >= 0.3 is 5.97 Å². The van der Waals surface area contributed by atoms with Crippen LogP contribution in [0, 0.1) is 0 Å². The number of halogens is 1. The second-order valence-corrected chi connectivity index (χ2v) is 6.82. The van der Waals surface area contributed by atoms with Gasteiger partial charge in [-0.2, -0.15) is 4.98 Å². The molecule has 2 aromatic rings. The summed E-state index contributed by atoms with van der Waals surface area (Å²) in [6, 6.07) is 7.10. The maximum absolute atomic E-state index is 11.7. The van der Waals surface area contributed by atoms with E-state index >= 15 is 0 Å². The summed E-state index contributed by atoms with van der Waals surface area (Å²) in [5, 5.41) is 7.08. The van der Waals surface area contributed by atoms with Crippen LogP contribution < -0.4 is 10.6 Å². The minimum atomic E-state index is -0.414. The fourth-order valence-corrected chi connectivity index (χ4v) is 3.27. The Morgan fingerprint density at radius 3 is 2.69 bits per heavy atom. The molecule has 7 heteroatoms. The highest BCUT2D eigenvalue weighted by Crippen LogP contribution is 2.27. The molecule has 0 aliphatic heterocycles. The summed E-state index contributed by atoms with van der Waals surface area (Å²) in [5.41, 5.74) is 1.01. The first-order valence-corrected chi connectivity index (χ1v) is 9.28. The van der Waals surface area contributed by atoms with E-state index in [1.165, 1.54) is 32.8 Å². The Morgan fingerprint density at radius 2 is 1.96 bits per heavy atom. The third kappa shape index (κ3) is 4.85. The Hall–Kier alpha value is -2.34. The normalized spacial score (nSPS) is 15.2. The Balaban J connectivity index is 1.73. The number of hydrogen-bond donors (Lipinski definition) is 2. The van der Waals surface area contributed by atoms with Crippen molar-refractivity contribution in [1.82, 2.24) is 9.97 Å². The van der Waals surface area contributed by atoms with Crippen molar-refractivity contribution in [3.05, 3.63) is 41.0 Å². The molecule has 6 nitrogen and oxygen atoms in total. The number of esters is 1. The molecule has 1 saturated carbocycles. The average Bonchev–Trinajstić information content (AvgIpc) is 2.92. The number of carbonyl (C=O) groups is 1. The van der Waals surface area contributed by atoms with Crippen LogP contribution in [0.3, 0.4) is 0 Å². The fraction of sp³-hybridized carbons (Fsp3) is 0.421. The number of rotatable bonds is 5. The molecule has 1 aliphatic carbocycles. The van der Waals surface area contributed by atoms with Crippen LogP contribution in [0.25, 0.3) is 0 Å². The van der Waals surface area contributed by atoms with Crippen LogP contribution in [0.2, 0.25) is 5.02 Å². The first-order chi connectivity index (χ1) is 12.7. The molecule has 1 aromatic heterocycles. The number of ether oxygens (including phenoxy) is 1. The zero-order valence-corrected chi connectivity index (χ0v) is 15.6. The van der Waals surface area contributed by atoms with E-state index in [4.69, 9.17) is 16.3 Å². The molecule has 2 N–H and O–H groups in total. The van der Waals surface area contributed by atoms with Gasteiger partial charge in [-0.3, -0.25) is 0 Å². The summed E-state index contributed by atoms with van der Waals surface area (Å²) in [5.74, 6) is 0.797. The predicted octanol–water partition coefficient (Wildman–Crippen LogP) is 4.79. The Labute approximate surface area is 158 Å². The quantitative estimate of drug-likeness (QED) is 0.578. The van der Waals surface area contributed by atoms with Crippen molar-refractivity contribution in [1.29, 1.82) is 0 Å². The summed E-state index contributed by atoms with van der Waals surface area (Å²) >= 11 is 6.23. The van der Waals surface area contributed by atoms with Gasteiger partial charge in [-0.25, -0.2) is 9.78 Å². The van der Waals surface area contributed by atoms with Gasteiger partial charge in [0.15, 0.2) is 0 Å². The van der Waals surface area contributed by atoms with Gasteiger partial charge in [-0.05, 0) is 37.1 Å². The lowest BCUT2D eigenvalue weighted by molar-refractivity contribution is 0.0601. The molecule has 1 fully saturated rings. The number of aromatic nitrogens is 2. The Morgan fingerprint density at radius 1 is 1.19 bits per heavy atom. The summed E-state index contributed by atoms with van der Waals surface area (Å²) in [6.07, 6.45) is 9.08. The lowest BCUT2D eigenvalue weighted by atomic mass is 10.1. The van der Waals surface area contributed by atoms with Crippen molar-refractivity contribution in [2.45, 2.75) is 44.6 Å². The maximum Gasteiger partial charge on any atom is 0.337 e. The average molecular weight is 375 g/mol. The van der Waals surface area contributed by atoms with E-state index in [2.05, 4.69) is 20.6 Å². The fourth-order valence-electron chi connectivity index (χ4n) is 3.11. The van der Waals surface area contributed by atoms with Gasteiger partial charge in [0.2, 0.25) is 5.95 Å². The van der Waals surface area contributed by atoms with E-state index in [9.17, 15) is 4.79 Å². The van der Waals surface area contributed by atoms with Crippen molar-refractivity contribution < 1.29 is 9.53 Å². The number of nitrogens with zero attached hydrogens (tertiary/aromatic N) is 2. The molecular weight excluding hydrogens is 352 g/mol. The van der Waals surface area contributed by atoms with Crippen molar-refractivity contribution in [3.8, 4) is 0 Å². The van der Waals surface area contributed by atoms with Gasteiger partial charge in [-0.1, -0.05) is 37.3 Å². The molecule has 138 valence electrons. The minimum Gasteiger partial charge on any atom is -0.465 e. The molecule has 0 spiro atoms. The van der Waals surface area contributed by atoms with E-state index in [0.717, 1.165) is 12.8 Å². The molecule has 1 heterocycles. The number of anilines is 3. The van der Waals surface area contributed by atoms with Crippen LogP contribution in [-0.4, -0.2) is 29.1 Å². The second kappa shape index (κ2) is 8.85. The molecule has 0 unspecified atom stereocenters. The van der Waals surface area contributed by atoms with Crippen LogP contribution in [-0.2, 0) is 4.74 Å². The molecule has 1 aromatic carbocycles. The SMILES string of the molecule is COC(=O)c1ccc(Cl)c(Nc2ccnc(NC3CCCCCC3)n2)c1. The molecule has 1 aliphatic rings. The largest absolute Gasteiger partial charge is 0.465 e. The first kappa shape index (κ1) is 18.5. The number of methoxy groups -OCH3 is 1. The molecule has 26 heavy (non-hydrogen) atoms. The van der Waals surface area contributed by atoms with E-state index in [0.29, 0.717) is 34.1 Å². The molecule has 0 atom stereocenters. The van der Waals surface area contributed by atoms with E-state index < -0.39 is 5.97 Å². The first-order valence-electron chi connectivity index (χ1n) is 8.90. The molecule has 0 amide bonds. The number of hydrogen-bond acceptors (Lipinski definition) is 6. The van der Waals surface area contributed by atoms with Gasteiger partial charge in [0.25, 0.3) is 0 Å². The van der Waals surface area contributed by atoms with Crippen LogP contribution in [0.1, 0.15) is 48.9 Å². The van der Waals surface area contributed by atoms with Crippen molar-refractivity contribution in [3.63, 3.8) is 0 Å². The maximum atomic E-state index is 11.7. The zero-order chi connectivity index (χ0) is 18.4. The van der Waals surface area contributed by atoms with Gasteiger partial charge in [0, 0.05) is 12.2 Å². The monoisotopic (exact) mass is 374 g/mol. The van der Waals surface area contributed by atoms with E-state index in [1.807, 2.05) is 0 Å².